The van der Waals surface area contributed by atoms with Crippen molar-refractivity contribution in [2.45, 2.75) is 39.2 Å². The zero-order valence-electron chi connectivity index (χ0n) is 13.3. The first-order valence-corrected chi connectivity index (χ1v) is 7.50. The third kappa shape index (κ3) is 3.08. The molecule has 0 spiro atoms. The number of benzene rings is 1. The number of pyridine rings is 1. The second kappa shape index (κ2) is 6.27. The minimum absolute atomic E-state index is 0.00623. The molecule has 0 radical (unpaired) electrons. The van der Waals surface area contributed by atoms with Gasteiger partial charge in [0.1, 0.15) is 0 Å². The number of aromatic nitrogens is 1. The zero-order chi connectivity index (χ0) is 15.6. The quantitative estimate of drug-likeness (QED) is 0.937. The van der Waals surface area contributed by atoms with E-state index in [0.717, 1.165) is 17.7 Å². The van der Waals surface area contributed by atoms with Gasteiger partial charge in [-0.3, -0.25) is 4.79 Å². The van der Waals surface area contributed by atoms with E-state index in [0.29, 0.717) is 11.5 Å². The molecule has 1 aromatic carbocycles. The number of aryl methyl sites for hydroxylation is 1. The van der Waals surface area contributed by atoms with Crippen molar-refractivity contribution in [3.63, 3.8) is 0 Å². The van der Waals surface area contributed by atoms with Crippen LogP contribution in [0.1, 0.15) is 55.1 Å². The van der Waals surface area contributed by atoms with E-state index in [2.05, 4.69) is 32.9 Å². The standard InChI is InChI=1S/C18H24N2O/c1-5-13-6-8-14(9-7-13)17(19)15-10-11-16(12(2)3)20(4)18(15)21/h6-12,17H,5,19H2,1-4H3. The Hall–Kier alpha value is -1.87. The largest absolute Gasteiger partial charge is 0.320 e. The monoisotopic (exact) mass is 284 g/mol. The lowest BCUT2D eigenvalue weighted by Gasteiger charge is -2.17. The van der Waals surface area contributed by atoms with Gasteiger partial charge in [-0.1, -0.05) is 45.0 Å². The second-order valence-corrected chi connectivity index (χ2v) is 5.81. The number of nitrogens with zero attached hydrogens (tertiary/aromatic N) is 1. The second-order valence-electron chi connectivity index (χ2n) is 5.81. The Morgan fingerprint density at radius 2 is 1.71 bits per heavy atom. The number of rotatable bonds is 4. The molecule has 2 aromatic rings. The van der Waals surface area contributed by atoms with Crippen LogP contribution in [0.3, 0.4) is 0 Å². The highest BCUT2D eigenvalue weighted by atomic mass is 16.1. The molecule has 0 aliphatic carbocycles. The maximum Gasteiger partial charge on any atom is 0.255 e. The van der Waals surface area contributed by atoms with Crippen molar-refractivity contribution >= 4 is 0 Å². The summed E-state index contributed by atoms with van der Waals surface area (Å²) in [6.07, 6.45) is 1.00. The van der Waals surface area contributed by atoms with Crippen LogP contribution in [0.15, 0.2) is 41.2 Å². The van der Waals surface area contributed by atoms with Gasteiger partial charge in [0.05, 0.1) is 6.04 Å². The highest BCUT2D eigenvalue weighted by Gasteiger charge is 2.15. The van der Waals surface area contributed by atoms with E-state index < -0.39 is 0 Å². The van der Waals surface area contributed by atoms with Gasteiger partial charge in [0.2, 0.25) is 0 Å². The molecule has 21 heavy (non-hydrogen) atoms. The SMILES string of the molecule is CCc1ccc(C(N)c2ccc(C(C)C)n(C)c2=O)cc1. The Balaban J connectivity index is 2.41. The fourth-order valence-corrected chi connectivity index (χ4v) is 2.63. The van der Waals surface area contributed by atoms with E-state index in [9.17, 15) is 4.79 Å². The third-order valence-corrected chi connectivity index (χ3v) is 4.05. The van der Waals surface area contributed by atoms with Crippen LogP contribution in [0, 0.1) is 0 Å². The Morgan fingerprint density at radius 3 is 2.24 bits per heavy atom. The number of hydrogen-bond acceptors (Lipinski definition) is 2. The molecule has 1 atom stereocenters. The summed E-state index contributed by atoms with van der Waals surface area (Å²) in [7, 11) is 1.81. The van der Waals surface area contributed by atoms with Gasteiger partial charge in [-0.25, -0.2) is 0 Å². The molecule has 1 aromatic heterocycles. The zero-order valence-corrected chi connectivity index (χ0v) is 13.3. The molecule has 1 heterocycles. The topological polar surface area (TPSA) is 48.0 Å². The summed E-state index contributed by atoms with van der Waals surface area (Å²) >= 11 is 0. The molecular formula is C18H24N2O. The molecule has 2 rings (SSSR count). The van der Waals surface area contributed by atoms with Gasteiger partial charge < -0.3 is 10.3 Å². The molecule has 1 unspecified atom stereocenters. The Labute approximate surface area is 126 Å². The first-order valence-electron chi connectivity index (χ1n) is 7.50. The van der Waals surface area contributed by atoms with Crippen molar-refractivity contribution in [3.8, 4) is 0 Å². The molecule has 0 aliphatic rings. The average molecular weight is 284 g/mol. The summed E-state index contributed by atoms with van der Waals surface area (Å²) in [6.45, 7) is 6.28. The van der Waals surface area contributed by atoms with Crippen molar-refractivity contribution in [1.29, 1.82) is 0 Å². The number of hydrogen-bond donors (Lipinski definition) is 1. The van der Waals surface area contributed by atoms with Crippen LogP contribution in [-0.4, -0.2) is 4.57 Å². The molecule has 0 aliphatic heterocycles. The molecule has 0 saturated carbocycles. The highest BCUT2D eigenvalue weighted by molar-refractivity contribution is 5.33. The van der Waals surface area contributed by atoms with Crippen LogP contribution in [0.25, 0.3) is 0 Å². The van der Waals surface area contributed by atoms with Crippen molar-refractivity contribution in [2.24, 2.45) is 12.8 Å². The molecule has 0 fully saturated rings. The highest BCUT2D eigenvalue weighted by Crippen LogP contribution is 2.19. The molecule has 3 nitrogen and oxygen atoms in total. The Bertz CT molecular complexity index is 669. The van der Waals surface area contributed by atoms with Gasteiger partial charge in [-0.05, 0) is 35.6 Å². The third-order valence-electron chi connectivity index (χ3n) is 4.05. The van der Waals surface area contributed by atoms with E-state index in [4.69, 9.17) is 5.73 Å². The summed E-state index contributed by atoms with van der Waals surface area (Å²) < 4.78 is 1.71. The van der Waals surface area contributed by atoms with Crippen molar-refractivity contribution in [2.75, 3.05) is 0 Å². The minimum atomic E-state index is -0.379. The van der Waals surface area contributed by atoms with E-state index >= 15 is 0 Å². The molecular weight excluding hydrogens is 260 g/mol. The Morgan fingerprint density at radius 1 is 1.10 bits per heavy atom. The predicted octanol–water partition coefficient (Wildman–Crippen LogP) is 3.12. The summed E-state index contributed by atoms with van der Waals surface area (Å²) in [5.41, 5.74) is 10.2. The van der Waals surface area contributed by atoms with E-state index in [-0.39, 0.29) is 11.6 Å². The van der Waals surface area contributed by atoms with Gasteiger partial charge in [0, 0.05) is 18.3 Å². The lowest BCUT2D eigenvalue weighted by atomic mass is 9.98. The summed E-state index contributed by atoms with van der Waals surface area (Å²) in [5, 5.41) is 0. The van der Waals surface area contributed by atoms with Gasteiger partial charge in [0.25, 0.3) is 5.56 Å². The predicted molar refractivity (Wildman–Crippen MR) is 87.6 cm³/mol. The van der Waals surface area contributed by atoms with Crippen molar-refractivity contribution in [1.82, 2.24) is 4.57 Å². The van der Waals surface area contributed by atoms with Gasteiger partial charge in [-0.15, -0.1) is 0 Å². The summed E-state index contributed by atoms with van der Waals surface area (Å²) in [4.78, 5) is 12.5. The summed E-state index contributed by atoms with van der Waals surface area (Å²) in [5.74, 6) is 0.316. The maximum atomic E-state index is 12.5. The fraction of sp³-hybridized carbons (Fsp3) is 0.389. The lowest BCUT2D eigenvalue weighted by molar-refractivity contribution is 0.688. The molecule has 2 N–H and O–H groups in total. The smallest absolute Gasteiger partial charge is 0.255 e. The first kappa shape index (κ1) is 15.5. The van der Waals surface area contributed by atoms with Gasteiger partial charge in [0.15, 0.2) is 0 Å². The maximum absolute atomic E-state index is 12.5. The molecule has 3 heteroatoms. The minimum Gasteiger partial charge on any atom is -0.320 e. The van der Waals surface area contributed by atoms with E-state index in [1.807, 2.05) is 31.3 Å². The van der Waals surface area contributed by atoms with Crippen LogP contribution in [0.5, 0.6) is 0 Å². The van der Waals surface area contributed by atoms with Crippen molar-refractivity contribution in [3.05, 3.63) is 69.1 Å². The Kier molecular flexibility index (Phi) is 4.63. The normalized spacial score (nSPS) is 12.7. The molecule has 0 saturated heterocycles. The van der Waals surface area contributed by atoms with Crippen LogP contribution >= 0.6 is 0 Å². The van der Waals surface area contributed by atoms with Crippen LogP contribution < -0.4 is 11.3 Å². The van der Waals surface area contributed by atoms with Gasteiger partial charge >= 0.3 is 0 Å². The lowest BCUT2D eigenvalue weighted by Crippen LogP contribution is -2.29. The van der Waals surface area contributed by atoms with Gasteiger partial charge in [-0.2, -0.15) is 0 Å². The van der Waals surface area contributed by atoms with E-state index in [1.165, 1.54) is 5.56 Å². The summed E-state index contributed by atoms with van der Waals surface area (Å²) in [6, 6.07) is 11.7. The molecule has 0 amide bonds. The fourth-order valence-electron chi connectivity index (χ4n) is 2.63. The van der Waals surface area contributed by atoms with Crippen LogP contribution in [0.4, 0.5) is 0 Å². The molecule has 112 valence electrons. The first-order chi connectivity index (χ1) is 9.95. The average Bonchev–Trinajstić information content (AvgIpc) is 2.49. The van der Waals surface area contributed by atoms with E-state index in [1.54, 1.807) is 4.57 Å². The number of nitrogens with two attached hydrogens (primary N) is 1. The van der Waals surface area contributed by atoms with Crippen LogP contribution in [0.2, 0.25) is 0 Å². The molecule has 0 bridgehead atoms. The van der Waals surface area contributed by atoms with Crippen LogP contribution in [-0.2, 0) is 13.5 Å². The van der Waals surface area contributed by atoms with Crippen molar-refractivity contribution < 1.29 is 0 Å².